The Morgan fingerprint density at radius 1 is 1.10 bits per heavy atom. The third-order valence-electron chi connectivity index (χ3n) is 3.98. The molecule has 0 bridgehead atoms. The minimum Gasteiger partial charge on any atom is -0.481 e. The fourth-order valence-electron chi connectivity index (χ4n) is 2.85. The smallest absolute Gasteiger partial charge is 0.307 e. The van der Waals surface area contributed by atoms with Crippen molar-refractivity contribution in [1.82, 2.24) is 5.32 Å². The molecular formula is C16H21NO3. The zero-order valence-corrected chi connectivity index (χ0v) is 11.5. The molecule has 1 aromatic carbocycles. The summed E-state index contributed by atoms with van der Waals surface area (Å²) in [6, 6.07) is 9.94. The van der Waals surface area contributed by atoms with E-state index in [9.17, 15) is 14.7 Å². The molecule has 0 saturated heterocycles. The third kappa shape index (κ3) is 3.83. The summed E-state index contributed by atoms with van der Waals surface area (Å²) in [7, 11) is 0. The van der Waals surface area contributed by atoms with Crippen LogP contribution in [0.5, 0.6) is 0 Å². The molecule has 2 atom stereocenters. The van der Waals surface area contributed by atoms with Crippen LogP contribution < -0.4 is 5.32 Å². The summed E-state index contributed by atoms with van der Waals surface area (Å²) in [6.45, 7) is 0.561. The Balaban J connectivity index is 1.83. The highest BCUT2D eigenvalue weighted by molar-refractivity contribution is 5.84. The van der Waals surface area contributed by atoms with Crippen LogP contribution in [-0.4, -0.2) is 23.5 Å². The predicted octanol–water partition coefficient (Wildman–Crippen LogP) is 2.24. The van der Waals surface area contributed by atoms with E-state index in [1.54, 1.807) is 0 Å². The average molecular weight is 275 g/mol. The molecule has 108 valence electrons. The van der Waals surface area contributed by atoms with Gasteiger partial charge in [0.15, 0.2) is 0 Å². The van der Waals surface area contributed by atoms with E-state index >= 15 is 0 Å². The van der Waals surface area contributed by atoms with Gasteiger partial charge in [0.2, 0.25) is 5.91 Å². The predicted molar refractivity (Wildman–Crippen MR) is 76.2 cm³/mol. The van der Waals surface area contributed by atoms with Crippen LogP contribution in [0, 0.1) is 11.8 Å². The maximum absolute atomic E-state index is 12.1. The van der Waals surface area contributed by atoms with Crippen LogP contribution >= 0.6 is 0 Å². The summed E-state index contributed by atoms with van der Waals surface area (Å²) in [6.07, 6.45) is 3.93. The maximum Gasteiger partial charge on any atom is 0.307 e. The third-order valence-corrected chi connectivity index (χ3v) is 3.98. The highest BCUT2D eigenvalue weighted by Crippen LogP contribution is 2.30. The van der Waals surface area contributed by atoms with E-state index < -0.39 is 11.9 Å². The molecule has 4 nitrogen and oxygen atoms in total. The number of carboxylic acid groups (broad SMARTS) is 1. The number of carbonyl (C=O) groups excluding carboxylic acids is 1. The summed E-state index contributed by atoms with van der Waals surface area (Å²) in [5, 5.41) is 12.1. The first-order valence-electron chi connectivity index (χ1n) is 7.23. The summed E-state index contributed by atoms with van der Waals surface area (Å²) in [5.74, 6) is -1.82. The monoisotopic (exact) mass is 275 g/mol. The van der Waals surface area contributed by atoms with Gasteiger partial charge in [-0.05, 0) is 24.8 Å². The van der Waals surface area contributed by atoms with Gasteiger partial charge in [-0.25, -0.2) is 0 Å². The van der Waals surface area contributed by atoms with Gasteiger partial charge in [-0.15, -0.1) is 0 Å². The molecule has 1 aromatic rings. The molecule has 1 fully saturated rings. The first-order valence-corrected chi connectivity index (χ1v) is 7.23. The van der Waals surface area contributed by atoms with Gasteiger partial charge < -0.3 is 10.4 Å². The first-order chi connectivity index (χ1) is 9.68. The van der Waals surface area contributed by atoms with Crippen molar-refractivity contribution in [1.29, 1.82) is 0 Å². The van der Waals surface area contributed by atoms with E-state index in [0.717, 1.165) is 19.3 Å². The van der Waals surface area contributed by atoms with Crippen molar-refractivity contribution >= 4 is 11.9 Å². The molecule has 4 heteroatoms. The zero-order valence-electron chi connectivity index (χ0n) is 11.5. The van der Waals surface area contributed by atoms with Crippen LogP contribution in [0.15, 0.2) is 30.3 Å². The van der Waals surface area contributed by atoms with Gasteiger partial charge in [0.1, 0.15) is 0 Å². The minimum atomic E-state index is -0.840. The van der Waals surface area contributed by atoms with Crippen molar-refractivity contribution < 1.29 is 14.7 Å². The summed E-state index contributed by atoms with van der Waals surface area (Å²) in [5.41, 5.74) is 1.17. The Hall–Kier alpha value is -1.84. The maximum atomic E-state index is 12.1. The van der Waals surface area contributed by atoms with Crippen molar-refractivity contribution in [3.05, 3.63) is 35.9 Å². The van der Waals surface area contributed by atoms with Crippen LogP contribution in [0.2, 0.25) is 0 Å². The van der Waals surface area contributed by atoms with E-state index in [4.69, 9.17) is 0 Å². The highest BCUT2D eigenvalue weighted by Gasteiger charge is 2.35. The molecule has 0 aliphatic heterocycles. The van der Waals surface area contributed by atoms with E-state index in [1.807, 2.05) is 30.3 Å². The number of nitrogens with one attached hydrogen (secondary N) is 1. The zero-order chi connectivity index (χ0) is 14.4. The van der Waals surface area contributed by atoms with E-state index in [0.29, 0.717) is 19.4 Å². The van der Waals surface area contributed by atoms with Gasteiger partial charge >= 0.3 is 5.97 Å². The standard InChI is InChI=1S/C16H21NO3/c18-15(13-8-4-5-9-14(13)16(19)20)17-11-10-12-6-2-1-3-7-12/h1-3,6-7,13-14H,4-5,8-11H2,(H,17,18)(H,19,20)/t13-,14-/m1/s1. The Kier molecular flexibility index (Phi) is 5.16. The van der Waals surface area contributed by atoms with Crippen molar-refractivity contribution in [3.8, 4) is 0 Å². The van der Waals surface area contributed by atoms with Gasteiger partial charge in [0.25, 0.3) is 0 Å². The Bertz CT molecular complexity index is 458. The molecule has 0 radical (unpaired) electrons. The summed E-state index contributed by atoms with van der Waals surface area (Å²) < 4.78 is 0. The molecule has 0 spiro atoms. The lowest BCUT2D eigenvalue weighted by atomic mass is 9.78. The molecule has 0 heterocycles. The number of carboxylic acids is 1. The van der Waals surface area contributed by atoms with Crippen molar-refractivity contribution in [2.24, 2.45) is 11.8 Å². The molecule has 0 aromatic heterocycles. The van der Waals surface area contributed by atoms with E-state index in [2.05, 4.69) is 5.32 Å². The molecule has 2 N–H and O–H groups in total. The second-order valence-electron chi connectivity index (χ2n) is 5.36. The van der Waals surface area contributed by atoms with Gasteiger partial charge in [-0.2, -0.15) is 0 Å². The molecular weight excluding hydrogens is 254 g/mol. The second-order valence-corrected chi connectivity index (χ2v) is 5.36. The highest BCUT2D eigenvalue weighted by atomic mass is 16.4. The number of carbonyl (C=O) groups is 2. The number of hydrogen-bond donors (Lipinski definition) is 2. The summed E-state index contributed by atoms with van der Waals surface area (Å²) in [4.78, 5) is 23.3. The molecule has 1 saturated carbocycles. The van der Waals surface area contributed by atoms with Crippen molar-refractivity contribution in [3.63, 3.8) is 0 Å². The van der Waals surface area contributed by atoms with E-state index in [-0.39, 0.29) is 11.8 Å². The Morgan fingerprint density at radius 3 is 2.40 bits per heavy atom. The quantitative estimate of drug-likeness (QED) is 0.866. The van der Waals surface area contributed by atoms with Crippen molar-refractivity contribution in [2.75, 3.05) is 6.54 Å². The first kappa shape index (κ1) is 14.6. The molecule has 1 aliphatic carbocycles. The normalized spacial score (nSPS) is 22.2. The minimum absolute atomic E-state index is 0.104. The lowest BCUT2D eigenvalue weighted by Crippen LogP contribution is -2.40. The van der Waals surface area contributed by atoms with Gasteiger partial charge in [-0.3, -0.25) is 9.59 Å². The SMILES string of the molecule is O=C(O)[C@@H]1CCCC[C@H]1C(=O)NCCc1ccccc1. The lowest BCUT2D eigenvalue weighted by molar-refractivity contribution is -0.148. The average Bonchev–Trinajstić information content (AvgIpc) is 2.48. The number of rotatable bonds is 5. The molecule has 20 heavy (non-hydrogen) atoms. The van der Waals surface area contributed by atoms with Crippen LogP contribution in [0.1, 0.15) is 31.2 Å². The lowest BCUT2D eigenvalue weighted by Gasteiger charge is -2.27. The van der Waals surface area contributed by atoms with Gasteiger partial charge in [0.05, 0.1) is 11.8 Å². The van der Waals surface area contributed by atoms with Crippen LogP contribution in [0.4, 0.5) is 0 Å². The van der Waals surface area contributed by atoms with E-state index in [1.165, 1.54) is 5.56 Å². The topological polar surface area (TPSA) is 66.4 Å². The second kappa shape index (κ2) is 7.08. The largest absolute Gasteiger partial charge is 0.481 e. The van der Waals surface area contributed by atoms with Gasteiger partial charge in [0, 0.05) is 6.54 Å². The van der Waals surface area contributed by atoms with Crippen LogP contribution in [0.25, 0.3) is 0 Å². The van der Waals surface area contributed by atoms with Crippen molar-refractivity contribution in [2.45, 2.75) is 32.1 Å². The number of hydrogen-bond acceptors (Lipinski definition) is 2. The summed E-state index contributed by atoms with van der Waals surface area (Å²) >= 11 is 0. The number of benzene rings is 1. The number of aliphatic carboxylic acids is 1. The molecule has 1 aliphatic rings. The number of amides is 1. The molecule has 0 unspecified atom stereocenters. The van der Waals surface area contributed by atoms with Crippen LogP contribution in [-0.2, 0) is 16.0 Å². The Labute approximate surface area is 119 Å². The molecule has 2 rings (SSSR count). The fraction of sp³-hybridized carbons (Fsp3) is 0.500. The van der Waals surface area contributed by atoms with Gasteiger partial charge in [-0.1, -0.05) is 43.2 Å². The fourth-order valence-corrected chi connectivity index (χ4v) is 2.85. The molecule has 1 amide bonds. The van der Waals surface area contributed by atoms with Crippen LogP contribution in [0.3, 0.4) is 0 Å². The Morgan fingerprint density at radius 2 is 1.75 bits per heavy atom.